The number of benzene rings is 1. The van der Waals surface area contributed by atoms with E-state index in [0.717, 1.165) is 16.9 Å². The first-order chi connectivity index (χ1) is 15.7. The number of fused-ring (bicyclic) bond motifs is 1. The fraction of sp³-hybridized carbons (Fsp3) is 0.261. The highest BCUT2D eigenvalue weighted by atomic mass is 32.1. The Hall–Kier alpha value is -3.97. The van der Waals surface area contributed by atoms with Gasteiger partial charge >= 0.3 is 5.88 Å². The molecule has 0 fully saturated rings. The molecule has 1 aromatic carbocycles. The first-order valence-electron chi connectivity index (χ1n) is 10.4. The summed E-state index contributed by atoms with van der Waals surface area (Å²) in [5.41, 5.74) is 15.5. The summed E-state index contributed by atoms with van der Waals surface area (Å²) in [6.07, 6.45) is 1.60. The lowest BCUT2D eigenvalue weighted by molar-refractivity contribution is -0.779. The summed E-state index contributed by atoms with van der Waals surface area (Å²) < 4.78 is 6.76. The predicted octanol–water partition coefficient (Wildman–Crippen LogP) is 4.23. The van der Waals surface area contributed by atoms with Crippen molar-refractivity contribution >= 4 is 44.9 Å². The van der Waals surface area contributed by atoms with E-state index < -0.39 is 5.91 Å². The highest BCUT2D eigenvalue weighted by molar-refractivity contribution is 7.21. The summed E-state index contributed by atoms with van der Waals surface area (Å²) in [5, 5.41) is 16.9. The zero-order valence-corrected chi connectivity index (χ0v) is 19.5. The van der Waals surface area contributed by atoms with Crippen molar-refractivity contribution in [3.05, 3.63) is 46.5 Å². The van der Waals surface area contributed by atoms with E-state index in [1.807, 2.05) is 38.1 Å². The van der Waals surface area contributed by atoms with Crippen molar-refractivity contribution in [1.82, 2.24) is 10.3 Å². The number of hydrogen-bond donors (Lipinski definition) is 3. The fourth-order valence-corrected chi connectivity index (χ4v) is 4.51. The average molecular weight is 463 g/mol. The van der Waals surface area contributed by atoms with Gasteiger partial charge in [-0.1, -0.05) is 38.1 Å². The average Bonchev–Trinajstić information content (AvgIpc) is 3.37. The summed E-state index contributed by atoms with van der Waals surface area (Å²) in [6.45, 7) is 8.10. The number of carbonyl (C=O) groups excluding carboxylic acids is 1. The van der Waals surface area contributed by atoms with Crippen LogP contribution in [0.15, 0.2) is 35.0 Å². The lowest BCUT2D eigenvalue weighted by Gasteiger charge is -2.11. The third-order valence-electron chi connectivity index (χ3n) is 5.34. The van der Waals surface area contributed by atoms with Crippen LogP contribution in [0, 0.1) is 11.3 Å². The number of aromatic nitrogens is 3. The Morgan fingerprint density at radius 3 is 2.48 bits per heavy atom. The van der Waals surface area contributed by atoms with Crippen LogP contribution in [0.25, 0.3) is 21.3 Å². The van der Waals surface area contributed by atoms with E-state index in [0.29, 0.717) is 21.7 Å². The molecule has 0 atom stereocenters. The largest absolute Gasteiger partial charge is 0.397 e. The molecule has 4 aromatic rings. The number of pyridine rings is 1. The molecule has 0 unspecified atom stereocenters. The van der Waals surface area contributed by atoms with Crippen LogP contribution in [-0.2, 0) is 0 Å². The van der Waals surface area contributed by atoms with Crippen LogP contribution in [0.1, 0.15) is 60.5 Å². The second-order valence-electron chi connectivity index (χ2n) is 8.25. The summed E-state index contributed by atoms with van der Waals surface area (Å²) in [5.74, 6) is 0.194. The third-order valence-corrected chi connectivity index (χ3v) is 6.44. The minimum atomic E-state index is -0.458. The smallest absolute Gasteiger partial charge is 0.302 e. The van der Waals surface area contributed by atoms with Gasteiger partial charge < -0.3 is 11.5 Å². The molecule has 3 heterocycles. The topological polar surface area (TPSA) is 148 Å². The summed E-state index contributed by atoms with van der Waals surface area (Å²) in [7, 11) is 0. The molecule has 0 aliphatic rings. The molecule has 0 saturated heterocycles. The van der Waals surface area contributed by atoms with Crippen LogP contribution in [0.2, 0.25) is 0 Å². The first-order valence-corrected chi connectivity index (χ1v) is 11.2. The van der Waals surface area contributed by atoms with Crippen LogP contribution in [0.3, 0.4) is 0 Å². The molecular weight excluding hydrogens is 438 g/mol. The van der Waals surface area contributed by atoms with E-state index in [-0.39, 0.29) is 33.9 Å². The Bertz CT molecular complexity index is 1400. The standard InChI is InChI=1S/C23H23N7O2S/c1-11(2)13-5-7-14(8-6-13)17-15(9-24)21(26)28-23-18(17)19(25)20(33-23)22(31)27-16-10-30(12(3)4)29-32-16/h5-8,10-12H,1-4H3,(H4-,25,26,27,28,29,31)/p+1. The first kappa shape index (κ1) is 22.2. The SMILES string of the molecule is CC(C)c1ccc(-c2c(C#N)c(N)nc3sc(C(=O)Nc4c[n+](C(C)C)no4)c(N)c23)cc1. The lowest BCUT2D eigenvalue weighted by atomic mass is 9.94. The minimum Gasteiger partial charge on any atom is -0.397 e. The molecule has 0 saturated carbocycles. The van der Waals surface area contributed by atoms with Gasteiger partial charge in [-0.2, -0.15) is 5.26 Å². The molecule has 168 valence electrons. The van der Waals surface area contributed by atoms with Crippen molar-refractivity contribution in [2.45, 2.75) is 39.7 Å². The molecule has 9 nitrogen and oxygen atoms in total. The molecule has 0 aliphatic heterocycles. The molecule has 5 N–H and O–H groups in total. The van der Waals surface area contributed by atoms with Gasteiger partial charge in [-0.3, -0.25) is 14.6 Å². The number of hydrogen-bond acceptors (Lipinski definition) is 8. The number of carbonyl (C=O) groups is 1. The van der Waals surface area contributed by atoms with Crippen LogP contribution in [-0.4, -0.2) is 16.2 Å². The van der Waals surface area contributed by atoms with E-state index >= 15 is 0 Å². The number of anilines is 3. The van der Waals surface area contributed by atoms with Gasteiger partial charge in [0.2, 0.25) is 5.27 Å². The second kappa shape index (κ2) is 8.52. The number of nitriles is 1. The Morgan fingerprint density at radius 1 is 1.21 bits per heavy atom. The second-order valence-corrected chi connectivity index (χ2v) is 9.25. The number of rotatable bonds is 5. The van der Waals surface area contributed by atoms with Crippen LogP contribution >= 0.6 is 11.3 Å². The monoisotopic (exact) mass is 462 g/mol. The number of nitrogens with zero attached hydrogens (tertiary/aromatic N) is 4. The summed E-state index contributed by atoms with van der Waals surface area (Å²) in [4.78, 5) is 18.1. The van der Waals surface area contributed by atoms with Gasteiger partial charge in [0.15, 0.2) is 6.04 Å². The molecule has 0 radical (unpaired) electrons. The van der Waals surface area contributed by atoms with Crippen molar-refractivity contribution in [2.24, 2.45) is 0 Å². The highest BCUT2D eigenvalue weighted by Gasteiger charge is 2.26. The van der Waals surface area contributed by atoms with Crippen LogP contribution in [0.4, 0.5) is 17.4 Å². The number of thiophene rings is 1. The molecule has 10 heteroatoms. The van der Waals surface area contributed by atoms with Crippen molar-refractivity contribution in [3.8, 4) is 17.2 Å². The molecular formula is C23H24N7O2S+. The zero-order chi connectivity index (χ0) is 23.9. The van der Waals surface area contributed by atoms with E-state index in [1.165, 1.54) is 5.56 Å². The molecule has 3 aromatic heterocycles. The maximum atomic E-state index is 13.0. The molecule has 0 spiro atoms. The van der Waals surface area contributed by atoms with E-state index in [9.17, 15) is 10.1 Å². The Morgan fingerprint density at radius 2 is 1.91 bits per heavy atom. The number of nitrogens with two attached hydrogens (primary N) is 2. The van der Waals surface area contributed by atoms with Gasteiger partial charge in [0, 0.05) is 10.9 Å². The van der Waals surface area contributed by atoms with E-state index in [1.54, 1.807) is 10.9 Å². The Labute approximate surface area is 194 Å². The Kier molecular flexibility index (Phi) is 5.74. The zero-order valence-electron chi connectivity index (χ0n) is 18.7. The maximum Gasteiger partial charge on any atom is 0.302 e. The minimum absolute atomic E-state index is 0.0787. The lowest BCUT2D eigenvalue weighted by Crippen LogP contribution is -2.36. The Balaban J connectivity index is 1.83. The van der Waals surface area contributed by atoms with Crippen molar-refractivity contribution in [3.63, 3.8) is 0 Å². The quantitative estimate of drug-likeness (QED) is 0.376. The van der Waals surface area contributed by atoms with Gasteiger partial charge in [0.1, 0.15) is 27.2 Å². The van der Waals surface area contributed by atoms with Gasteiger partial charge in [-0.15, -0.1) is 11.3 Å². The number of nitrogens with one attached hydrogen (secondary N) is 1. The molecule has 1 amide bonds. The van der Waals surface area contributed by atoms with Crippen molar-refractivity contribution in [2.75, 3.05) is 16.8 Å². The maximum absolute atomic E-state index is 13.0. The number of nitrogen functional groups attached to an aromatic ring is 2. The predicted molar refractivity (Wildman–Crippen MR) is 128 cm³/mol. The molecule has 0 aliphatic carbocycles. The highest BCUT2D eigenvalue weighted by Crippen LogP contribution is 2.43. The van der Waals surface area contributed by atoms with Gasteiger partial charge in [-0.25, -0.2) is 4.98 Å². The normalized spacial score (nSPS) is 11.3. The van der Waals surface area contributed by atoms with Crippen molar-refractivity contribution in [1.29, 1.82) is 5.26 Å². The van der Waals surface area contributed by atoms with Crippen LogP contribution in [0.5, 0.6) is 0 Å². The van der Waals surface area contributed by atoms with Gasteiger partial charge in [0.05, 0.1) is 5.69 Å². The fourth-order valence-electron chi connectivity index (χ4n) is 3.50. The van der Waals surface area contributed by atoms with Crippen molar-refractivity contribution < 1.29 is 14.0 Å². The van der Waals surface area contributed by atoms with E-state index in [2.05, 4.69) is 35.5 Å². The molecule has 33 heavy (non-hydrogen) atoms. The molecule has 4 rings (SSSR count). The third kappa shape index (κ3) is 3.99. The summed E-state index contributed by atoms with van der Waals surface area (Å²) in [6, 6.07) is 10.1. The van der Waals surface area contributed by atoms with E-state index in [4.69, 9.17) is 16.0 Å². The van der Waals surface area contributed by atoms with Gasteiger partial charge in [-0.05, 0) is 35.6 Å². The molecule has 0 bridgehead atoms. The van der Waals surface area contributed by atoms with Gasteiger partial charge in [0.25, 0.3) is 12.1 Å². The number of amides is 1. The summed E-state index contributed by atoms with van der Waals surface area (Å²) >= 11 is 1.11. The van der Waals surface area contributed by atoms with Crippen LogP contribution < -0.4 is 21.5 Å².